The van der Waals surface area contributed by atoms with Gasteiger partial charge in [0.2, 0.25) is 0 Å². The minimum atomic E-state index is -3.33. The van der Waals surface area contributed by atoms with Gasteiger partial charge in [0, 0.05) is 11.2 Å². The number of benzene rings is 1. The molecule has 1 aromatic carbocycles. The van der Waals surface area contributed by atoms with Crippen LogP contribution in [0.5, 0.6) is 0 Å². The summed E-state index contributed by atoms with van der Waals surface area (Å²) in [5, 5.41) is 0.486. The highest BCUT2D eigenvalue weighted by Gasteiger charge is 2.09. The zero-order chi connectivity index (χ0) is 13.2. The summed E-state index contributed by atoms with van der Waals surface area (Å²) in [6, 6.07) is 5.93. The van der Waals surface area contributed by atoms with Crippen LogP contribution in [0.2, 0.25) is 0 Å². The van der Waals surface area contributed by atoms with Gasteiger partial charge in [-0.2, -0.15) is 0 Å². The van der Waals surface area contributed by atoms with Gasteiger partial charge in [-0.3, -0.25) is 0 Å². The summed E-state index contributed by atoms with van der Waals surface area (Å²) < 4.78 is 35.1. The zero-order valence-electron chi connectivity index (χ0n) is 9.37. The van der Waals surface area contributed by atoms with E-state index < -0.39 is 9.84 Å². The lowest BCUT2D eigenvalue weighted by molar-refractivity contribution is 0.597. The van der Waals surface area contributed by atoms with Crippen molar-refractivity contribution in [2.24, 2.45) is 0 Å². The molecule has 1 heterocycles. The van der Waals surface area contributed by atoms with Gasteiger partial charge >= 0.3 is 0 Å². The van der Waals surface area contributed by atoms with Crippen molar-refractivity contribution in [2.45, 2.75) is 14.9 Å². The van der Waals surface area contributed by atoms with Gasteiger partial charge in [0.15, 0.2) is 14.9 Å². The summed E-state index contributed by atoms with van der Waals surface area (Å²) in [4.78, 5) is 8.61. The molecule has 0 saturated carbocycles. The fraction of sp³-hybridized carbons (Fsp3) is 0.0909. The molecule has 0 aliphatic rings. The van der Waals surface area contributed by atoms with Crippen molar-refractivity contribution < 1.29 is 12.8 Å². The molecule has 94 valence electrons. The average Bonchev–Trinajstić information content (AvgIpc) is 2.32. The van der Waals surface area contributed by atoms with Crippen LogP contribution in [0.1, 0.15) is 0 Å². The van der Waals surface area contributed by atoms with Gasteiger partial charge in [-0.05, 0) is 24.3 Å². The van der Waals surface area contributed by atoms with E-state index in [-0.39, 0.29) is 10.8 Å². The van der Waals surface area contributed by atoms with Gasteiger partial charge in [0.25, 0.3) is 0 Å². The molecule has 0 amide bonds. The van der Waals surface area contributed by atoms with E-state index in [0.29, 0.717) is 5.03 Å². The molecule has 0 aliphatic carbocycles. The highest BCUT2D eigenvalue weighted by Crippen LogP contribution is 2.25. The second-order valence-electron chi connectivity index (χ2n) is 3.52. The number of halogens is 1. The summed E-state index contributed by atoms with van der Waals surface area (Å²) in [6.07, 6.45) is 3.66. The Kier molecular flexibility index (Phi) is 3.63. The molecule has 0 radical (unpaired) electrons. The number of hydrogen-bond acceptors (Lipinski definition) is 5. The number of rotatable bonds is 3. The molecule has 4 nitrogen and oxygen atoms in total. The third-order valence-electron chi connectivity index (χ3n) is 2.02. The summed E-state index contributed by atoms with van der Waals surface area (Å²) in [7, 11) is -3.33. The largest absolute Gasteiger partial charge is 0.245 e. The van der Waals surface area contributed by atoms with E-state index in [1.54, 1.807) is 12.1 Å². The van der Waals surface area contributed by atoms with Crippen molar-refractivity contribution in [3.05, 3.63) is 42.5 Å². The van der Waals surface area contributed by atoms with Crippen molar-refractivity contribution in [1.29, 1.82) is 0 Å². The fourth-order valence-electron chi connectivity index (χ4n) is 1.17. The van der Waals surface area contributed by atoms with Gasteiger partial charge in [-0.15, -0.1) is 0 Å². The lowest BCUT2D eigenvalue weighted by Gasteiger charge is -2.01. The Morgan fingerprint density at radius 2 is 1.78 bits per heavy atom. The van der Waals surface area contributed by atoms with Crippen LogP contribution in [0.4, 0.5) is 4.39 Å². The smallest absolute Gasteiger partial charge is 0.194 e. The molecule has 0 atom stereocenters. The predicted octanol–water partition coefficient (Wildman–Crippen LogP) is 2.17. The van der Waals surface area contributed by atoms with Crippen LogP contribution in [0, 0.1) is 5.82 Å². The number of aromatic nitrogens is 2. The van der Waals surface area contributed by atoms with Crippen molar-refractivity contribution in [3.63, 3.8) is 0 Å². The highest BCUT2D eigenvalue weighted by atomic mass is 32.2. The van der Waals surface area contributed by atoms with E-state index in [1.165, 1.54) is 36.3 Å². The van der Waals surface area contributed by atoms with E-state index in [2.05, 4.69) is 9.97 Å². The van der Waals surface area contributed by atoms with E-state index >= 15 is 0 Å². The molecule has 0 fully saturated rings. The second kappa shape index (κ2) is 5.03. The first-order chi connectivity index (χ1) is 8.45. The minimum Gasteiger partial charge on any atom is -0.245 e. The van der Waals surface area contributed by atoms with E-state index in [9.17, 15) is 12.8 Å². The standard InChI is InChI=1S/C11H9FN2O2S2/c1-18(15,16)11-7-13-10(6-14-11)17-9-4-2-8(12)3-5-9/h2-7H,1H3. The van der Waals surface area contributed by atoms with Crippen LogP contribution in [-0.2, 0) is 9.84 Å². The first-order valence-electron chi connectivity index (χ1n) is 4.91. The Labute approximate surface area is 108 Å². The minimum absolute atomic E-state index is 0.0639. The summed E-state index contributed by atoms with van der Waals surface area (Å²) in [5.74, 6) is -0.308. The monoisotopic (exact) mass is 284 g/mol. The van der Waals surface area contributed by atoms with E-state index in [0.717, 1.165) is 11.2 Å². The van der Waals surface area contributed by atoms with Crippen LogP contribution in [0.15, 0.2) is 51.6 Å². The van der Waals surface area contributed by atoms with Crippen molar-refractivity contribution >= 4 is 21.6 Å². The maximum absolute atomic E-state index is 12.7. The number of sulfone groups is 1. The maximum Gasteiger partial charge on any atom is 0.194 e. The van der Waals surface area contributed by atoms with Gasteiger partial charge in [0.1, 0.15) is 10.8 Å². The molecule has 0 saturated heterocycles. The summed E-state index contributed by atoms with van der Waals surface area (Å²) in [6.45, 7) is 0. The maximum atomic E-state index is 12.7. The molecule has 0 spiro atoms. The lowest BCUT2D eigenvalue weighted by atomic mass is 10.4. The molecule has 2 aromatic rings. The normalized spacial score (nSPS) is 11.4. The van der Waals surface area contributed by atoms with Crippen LogP contribution in [-0.4, -0.2) is 24.6 Å². The zero-order valence-corrected chi connectivity index (χ0v) is 11.0. The molecular weight excluding hydrogens is 275 g/mol. The predicted molar refractivity (Wildman–Crippen MR) is 65.7 cm³/mol. The van der Waals surface area contributed by atoms with Crippen LogP contribution in [0.25, 0.3) is 0 Å². The van der Waals surface area contributed by atoms with Crippen molar-refractivity contribution in [2.75, 3.05) is 6.26 Å². The van der Waals surface area contributed by atoms with E-state index in [1.807, 2.05) is 0 Å². The molecule has 0 N–H and O–H groups in total. The summed E-state index contributed by atoms with van der Waals surface area (Å²) in [5.41, 5.74) is 0. The van der Waals surface area contributed by atoms with Gasteiger partial charge in [-0.25, -0.2) is 22.8 Å². The highest BCUT2D eigenvalue weighted by molar-refractivity contribution is 7.99. The lowest BCUT2D eigenvalue weighted by Crippen LogP contribution is -2.01. The number of nitrogens with zero attached hydrogens (tertiary/aromatic N) is 2. The average molecular weight is 284 g/mol. The van der Waals surface area contributed by atoms with Gasteiger partial charge < -0.3 is 0 Å². The Hall–Kier alpha value is -1.47. The topological polar surface area (TPSA) is 59.9 Å². The molecule has 2 rings (SSSR count). The van der Waals surface area contributed by atoms with Crippen LogP contribution < -0.4 is 0 Å². The Bertz CT molecular complexity index is 640. The number of hydrogen-bond donors (Lipinski definition) is 0. The molecule has 7 heteroatoms. The first-order valence-corrected chi connectivity index (χ1v) is 7.61. The van der Waals surface area contributed by atoms with Crippen LogP contribution >= 0.6 is 11.8 Å². The Morgan fingerprint density at radius 3 is 2.28 bits per heavy atom. The Morgan fingerprint density at radius 1 is 1.11 bits per heavy atom. The quantitative estimate of drug-likeness (QED) is 0.864. The third kappa shape index (κ3) is 3.27. The molecule has 18 heavy (non-hydrogen) atoms. The molecular formula is C11H9FN2O2S2. The molecule has 0 bridgehead atoms. The van der Waals surface area contributed by atoms with Crippen molar-refractivity contribution in [3.8, 4) is 0 Å². The van der Waals surface area contributed by atoms with Crippen molar-refractivity contribution in [1.82, 2.24) is 9.97 Å². The molecule has 0 aliphatic heterocycles. The van der Waals surface area contributed by atoms with Gasteiger partial charge in [-0.1, -0.05) is 11.8 Å². The molecule has 0 unspecified atom stereocenters. The van der Waals surface area contributed by atoms with E-state index in [4.69, 9.17) is 0 Å². The Balaban J connectivity index is 2.18. The second-order valence-corrected chi connectivity index (χ2v) is 6.58. The first kappa shape index (κ1) is 13.0. The molecule has 1 aromatic heterocycles. The van der Waals surface area contributed by atoms with Gasteiger partial charge in [0.05, 0.1) is 12.4 Å². The SMILES string of the molecule is CS(=O)(=O)c1cnc(Sc2ccc(F)cc2)cn1. The summed E-state index contributed by atoms with van der Waals surface area (Å²) >= 11 is 1.28. The fourth-order valence-corrected chi connectivity index (χ4v) is 2.38. The third-order valence-corrected chi connectivity index (χ3v) is 3.92. The van der Waals surface area contributed by atoms with Crippen LogP contribution in [0.3, 0.4) is 0 Å².